The van der Waals surface area contributed by atoms with E-state index in [1.165, 1.54) is 17.2 Å². The summed E-state index contributed by atoms with van der Waals surface area (Å²) in [5.74, 6) is 0. The monoisotopic (exact) mass is 220 g/mol. The van der Waals surface area contributed by atoms with Crippen molar-refractivity contribution in [2.24, 2.45) is 0 Å². The van der Waals surface area contributed by atoms with E-state index >= 15 is 0 Å². The standard InChI is InChI=1S/C9H11F3N2O/c1-14(2)7-3-4-13-5-6(7)8(15)9(10,11)12/h3-5,8,15H,1-2H3/t8-/m0/s1. The van der Waals surface area contributed by atoms with Crippen LogP contribution in [-0.2, 0) is 0 Å². The summed E-state index contributed by atoms with van der Waals surface area (Å²) in [6.07, 6.45) is -4.77. The second-order valence-corrected chi connectivity index (χ2v) is 3.27. The lowest BCUT2D eigenvalue weighted by atomic mass is 10.1. The normalized spacial score (nSPS) is 13.7. The molecule has 1 aromatic rings. The van der Waals surface area contributed by atoms with E-state index in [-0.39, 0.29) is 5.56 Å². The Hall–Kier alpha value is -1.30. The van der Waals surface area contributed by atoms with Crippen LogP contribution in [0.15, 0.2) is 18.5 Å². The van der Waals surface area contributed by atoms with Gasteiger partial charge in [0.2, 0.25) is 0 Å². The predicted molar refractivity (Wildman–Crippen MR) is 49.6 cm³/mol. The van der Waals surface area contributed by atoms with Gasteiger partial charge in [0.05, 0.1) is 0 Å². The van der Waals surface area contributed by atoms with Gasteiger partial charge in [-0.2, -0.15) is 13.2 Å². The van der Waals surface area contributed by atoms with Gasteiger partial charge in [0.1, 0.15) is 0 Å². The lowest BCUT2D eigenvalue weighted by Crippen LogP contribution is -2.23. The number of aliphatic hydroxyl groups is 1. The molecule has 15 heavy (non-hydrogen) atoms. The molecule has 1 atom stereocenters. The summed E-state index contributed by atoms with van der Waals surface area (Å²) < 4.78 is 36.8. The first-order chi connectivity index (χ1) is 6.84. The molecule has 0 unspecified atom stereocenters. The van der Waals surface area contributed by atoms with E-state index < -0.39 is 12.3 Å². The van der Waals surface area contributed by atoms with Gasteiger partial charge < -0.3 is 10.0 Å². The summed E-state index contributed by atoms with van der Waals surface area (Å²) in [7, 11) is 3.20. The molecule has 3 nitrogen and oxygen atoms in total. The number of rotatable bonds is 2. The van der Waals surface area contributed by atoms with Crippen molar-refractivity contribution in [2.75, 3.05) is 19.0 Å². The molecule has 0 aliphatic heterocycles. The Kier molecular flexibility index (Phi) is 3.18. The minimum absolute atomic E-state index is 0.241. The van der Waals surface area contributed by atoms with Crippen LogP contribution in [0.3, 0.4) is 0 Å². The van der Waals surface area contributed by atoms with E-state index in [9.17, 15) is 13.2 Å². The number of hydrogen-bond donors (Lipinski definition) is 1. The quantitative estimate of drug-likeness (QED) is 0.824. The fourth-order valence-corrected chi connectivity index (χ4v) is 1.19. The van der Waals surface area contributed by atoms with E-state index in [0.717, 1.165) is 6.20 Å². The Morgan fingerprint density at radius 1 is 1.40 bits per heavy atom. The van der Waals surface area contributed by atoms with Crippen molar-refractivity contribution >= 4 is 5.69 Å². The van der Waals surface area contributed by atoms with Crippen LogP contribution in [-0.4, -0.2) is 30.4 Å². The molecule has 0 saturated heterocycles. The van der Waals surface area contributed by atoms with Gasteiger partial charge in [0.15, 0.2) is 6.10 Å². The first kappa shape index (κ1) is 11.8. The molecule has 0 aliphatic rings. The van der Waals surface area contributed by atoms with Gasteiger partial charge in [-0.15, -0.1) is 0 Å². The first-order valence-electron chi connectivity index (χ1n) is 4.20. The smallest absolute Gasteiger partial charge is 0.379 e. The number of anilines is 1. The molecule has 0 amide bonds. The van der Waals surface area contributed by atoms with Gasteiger partial charge in [0, 0.05) is 37.7 Å². The van der Waals surface area contributed by atoms with E-state index in [4.69, 9.17) is 5.11 Å². The maximum Gasteiger partial charge on any atom is 0.418 e. The molecule has 6 heteroatoms. The van der Waals surface area contributed by atoms with E-state index in [0.29, 0.717) is 5.69 Å². The molecular weight excluding hydrogens is 209 g/mol. The first-order valence-corrected chi connectivity index (χ1v) is 4.20. The third kappa shape index (κ3) is 2.59. The zero-order chi connectivity index (χ0) is 11.6. The number of nitrogens with zero attached hydrogens (tertiary/aromatic N) is 2. The highest BCUT2D eigenvalue weighted by Gasteiger charge is 2.40. The second-order valence-electron chi connectivity index (χ2n) is 3.27. The summed E-state index contributed by atoms with van der Waals surface area (Å²) in [5.41, 5.74) is 0.0600. The summed E-state index contributed by atoms with van der Waals surface area (Å²) in [6, 6.07) is 1.42. The van der Waals surface area contributed by atoms with Crippen molar-refractivity contribution in [3.63, 3.8) is 0 Å². The van der Waals surface area contributed by atoms with Crippen molar-refractivity contribution < 1.29 is 18.3 Å². The molecule has 0 radical (unpaired) electrons. The number of halogens is 3. The highest BCUT2D eigenvalue weighted by Crippen LogP contribution is 2.36. The van der Waals surface area contributed by atoms with Crippen LogP contribution in [0.4, 0.5) is 18.9 Å². The van der Waals surface area contributed by atoms with Crippen molar-refractivity contribution in [3.05, 3.63) is 24.0 Å². The zero-order valence-corrected chi connectivity index (χ0v) is 8.28. The molecular formula is C9H11F3N2O. The maximum absolute atomic E-state index is 12.3. The Bertz CT molecular complexity index is 338. The molecule has 0 aromatic carbocycles. The Morgan fingerprint density at radius 3 is 2.47 bits per heavy atom. The average Bonchev–Trinajstić information content (AvgIpc) is 2.15. The zero-order valence-electron chi connectivity index (χ0n) is 8.28. The third-order valence-corrected chi connectivity index (χ3v) is 1.91. The SMILES string of the molecule is CN(C)c1ccncc1[C@H](O)C(F)(F)F. The van der Waals surface area contributed by atoms with Crippen LogP contribution in [0, 0.1) is 0 Å². The Balaban J connectivity index is 3.14. The fraction of sp³-hybridized carbons (Fsp3) is 0.444. The van der Waals surface area contributed by atoms with Crippen molar-refractivity contribution in [3.8, 4) is 0 Å². The van der Waals surface area contributed by atoms with Crippen LogP contribution >= 0.6 is 0 Å². The molecule has 0 saturated carbocycles. The fourth-order valence-electron chi connectivity index (χ4n) is 1.19. The van der Waals surface area contributed by atoms with Gasteiger partial charge in [-0.25, -0.2) is 0 Å². The Labute approximate surface area is 85.2 Å². The van der Waals surface area contributed by atoms with Crippen LogP contribution in [0.25, 0.3) is 0 Å². The number of aliphatic hydroxyl groups excluding tert-OH is 1. The molecule has 1 N–H and O–H groups in total. The highest BCUT2D eigenvalue weighted by atomic mass is 19.4. The number of pyridine rings is 1. The second kappa shape index (κ2) is 4.06. The predicted octanol–water partition coefficient (Wildman–Crippen LogP) is 1.74. The van der Waals surface area contributed by atoms with E-state index in [1.54, 1.807) is 14.1 Å². The van der Waals surface area contributed by atoms with Crippen LogP contribution in [0.2, 0.25) is 0 Å². The van der Waals surface area contributed by atoms with Crippen LogP contribution < -0.4 is 4.90 Å². The van der Waals surface area contributed by atoms with Crippen LogP contribution in [0.5, 0.6) is 0 Å². The van der Waals surface area contributed by atoms with Crippen molar-refractivity contribution in [1.82, 2.24) is 4.98 Å². The van der Waals surface area contributed by atoms with Gasteiger partial charge in [0.25, 0.3) is 0 Å². The minimum atomic E-state index is -4.67. The highest BCUT2D eigenvalue weighted by molar-refractivity contribution is 5.52. The van der Waals surface area contributed by atoms with Gasteiger partial charge >= 0.3 is 6.18 Å². The van der Waals surface area contributed by atoms with Gasteiger partial charge in [-0.05, 0) is 6.07 Å². The Morgan fingerprint density at radius 2 is 2.00 bits per heavy atom. The maximum atomic E-state index is 12.3. The summed E-state index contributed by atoms with van der Waals surface area (Å²) in [6.45, 7) is 0. The molecule has 0 bridgehead atoms. The molecule has 84 valence electrons. The molecule has 0 aliphatic carbocycles. The van der Waals surface area contributed by atoms with E-state index in [1.807, 2.05) is 0 Å². The summed E-state index contributed by atoms with van der Waals surface area (Å²) in [5, 5.41) is 9.10. The van der Waals surface area contributed by atoms with Gasteiger partial charge in [-0.3, -0.25) is 4.98 Å². The molecule has 1 aromatic heterocycles. The molecule has 1 heterocycles. The number of hydrogen-bond acceptors (Lipinski definition) is 3. The summed E-state index contributed by atoms with van der Waals surface area (Å²) >= 11 is 0. The van der Waals surface area contributed by atoms with Crippen LogP contribution in [0.1, 0.15) is 11.7 Å². The number of alkyl halides is 3. The topological polar surface area (TPSA) is 36.4 Å². The third-order valence-electron chi connectivity index (χ3n) is 1.91. The number of aromatic nitrogens is 1. The van der Waals surface area contributed by atoms with Crippen molar-refractivity contribution in [1.29, 1.82) is 0 Å². The van der Waals surface area contributed by atoms with E-state index in [2.05, 4.69) is 4.98 Å². The average molecular weight is 220 g/mol. The van der Waals surface area contributed by atoms with Gasteiger partial charge in [-0.1, -0.05) is 0 Å². The molecule has 0 spiro atoms. The summed E-state index contributed by atoms with van der Waals surface area (Å²) in [4.78, 5) is 5.07. The van der Waals surface area contributed by atoms with Crippen molar-refractivity contribution in [2.45, 2.75) is 12.3 Å². The largest absolute Gasteiger partial charge is 0.418 e. The lowest BCUT2D eigenvalue weighted by Gasteiger charge is -2.21. The molecule has 0 fully saturated rings. The molecule has 1 rings (SSSR count). The lowest BCUT2D eigenvalue weighted by molar-refractivity contribution is -0.206. The minimum Gasteiger partial charge on any atom is -0.379 e.